The Morgan fingerprint density at radius 1 is 1.16 bits per heavy atom. The summed E-state index contributed by atoms with van der Waals surface area (Å²) in [4.78, 5) is 12.7. The van der Waals surface area contributed by atoms with Gasteiger partial charge < -0.3 is 10.1 Å². The van der Waals surface area contributed by atoms with Gasteiger partial charge in [0.05, 0.1) is 23.4 Å². The third kappa shape index (κ3) is 4.95. The lowest BCUT2D eigenvalue weighted by molar-refractivity contribution is -0.113. The van der Waals surface area contributed by atoms with Gasteiger partial charge >= 0.3 is 0 Å². The van der Waals surface area contributed by atoms with Crippen molar-refractivity contribution in [1.82, 2.24) is 19.1 Å². The van der Waals surface area contributed by atoms with E-state index in [9.17, 15) is 13.2 Å². The Morgan fingerprint density at radius 3 is 2.72 bits per heavy atom. The van der Waals surface area contributed by atoms with Crippen LogP contribution in [0, 0.1) is 0 Å². The van der Waals surface area contributed by atoms with Gasteiger partial charge in [-0.05, 0) is 43.2 Å². The number of thioether (sulfide) groups is 1. The van der Waals surface area contributed by atoms with Crippen LogP contribution < -0.4 is 10.1 Å². The Bertz CT molecular complexity index is 1210. The number of sulfonamides is 1. The molecule has 1 amide bonds. The Hall–Kier alpha value is -2.89. The maximum absolute atomic E-state index is 12.8. The molecular weight excluding hydrogens is 450 g/mol. The van der Waals surface area contributed by atoms with Crippen molar-refractivity contribution in [2.45, 2.75) is 22.9 Å². The molecule has 4 rings (SSSR count). The van der Waals surface area contributed by atoms with E-state index in [-0.39, 0.29) is 16.6 Å². The van der Waals surface area contributed by atoms with Gasteiger partial charge in [-0.3, -0.25) is 9.36 Å². The first-order valence-electron chi connectivity index (χ1n) is 10.0. The fraction of sp³-hybridized carbons (Fsp3) is 0.286. The number of nitrogens with one attached hydrogen (secondary N) is 1. The highest BCUT2D eigenvalue weighted by Crippen LogP contribution is 2.25. The van der Waals surface area contributed by atoms with Crippen LogP contribution in [0.2, 0.25) is 0 Å². The highest BCUT2D eigenvalue weighted by atomic mass is 32.2. The van der Waals surface area contributed by atoms with E-state index in [1.165, 1.54) is 22.1 Å². The molecule has 0 spiro atoms. The number of anilines is 1. The summed E-state index contributed by atoms with van der Waals surface area (Å²) in [6.07, 6.45) is 3.31. The largest absolute Gasteiger partial charge is 0.497 e. The molecule has 2 heterocycles. The number of benzene rings is 2. The number of amides is 1. The standard InChI is InChI=1S/C21H23N5O4S2/c1-30-18-8-5-7-17(13-18)26-15-22-24-21(26)31-14-20(27)23-16-6-4-9-19(12-16)32(28,29)25-10-2-3-11-25/h4-9,12-13,15H,2-3,10-11,14H2,1H3,(H,23,27). The molecule has 1 N–H and O–H groups in total. The zero-order valence-electron chi connectivity index (χ0n) is 17.5. The van der Waals surface area contributed by atoms with Crippen LogP contribution in [-0.2, 0) is 14.8 Å². The van der Waals surface area contributed by atoms with E-state index >= 15 is 0 Å². The smallest absolute Gasteiger partial charge is 0.243 e. The minimum Gasteiger partial charge on any atom is -0.497 e. The molecule has 0 radical (unpaired) electrons. The zero-order chi connectivity index (χ0) is 22.6. The molecule has 1 aromatic heterocycles. The molecule has 32 heavy (non-hydrogen) atoms. The molecule has 3 aromatic rings. The second-order valence-corrected chi connectivity index (χ2v) is 10.0. The quantitative estimate of drug-likeness (QED) is 0.502. The summed E-state index contributed by atoms with van der Waals surface area (Å²) in [6.45, 7) is 1.06. The van der Waals surface area contributed by atoms with Crippen molar-refractivity contribution in [3.8, 4) is 11.4 Å². The summed E-state index contributed by atoms with van der Waals surface area (Å²) in [7, 11) is -1.95. The lowest BCUT2D eigenvalue weighted by Gasteiger charge is -2.16. The topological polar surface area (TPSA) is 106 Å². The number of hydrogen-bond acceptors (Lipinski definition) is 7. The van der Waals surface area contributed by atoms with Crippen LogP contribution in [0.3, 0.4) is 0 Å². The molecule has 9 nitrogen and oxygen atoms in total. The minimum absolute atomic E-state index is 0.0891. The summed E-state index contributed by atoms with van der Waals surface area (Å²) in [5, 5.41) is 11.3. The first kappa shape index (κ1) is 22.3. The van der Waals surface area contributed by atoms with E-state index in [0.717, 1.165) is 18.5 Å². The molecule has 1 aliphatic heterocycles. The van der Waals surface area contributed by atoms with Crippen molar-refractivity contribution >= 4 is 33.4 Å². The van der Waals surface area contributed by atoms with Crippen LogP contribution in [-0.4, -0.2) is 59.3 Å². The molecular formula is C21H23N5O4S2. The summed E-state index contributed by atoms with van der Waals surface area (Å²) < 4.78 is 34.0. The van der Waals surface area contributed by atoms with Crippen molar-refractivity contribution in [3.05, 3.63) is 54.9 Å². The van der Waals surface area contributed by atoms with Gasteiger partial charge in [-0.1, -0.05) is 23.9 Å². The summed E-state index contributed by atoms with van der Waals surface area (Å²) in [5.74, 6) is 0.519. The predicted octanol–water partition coefficient (Wildman–Crippen LogP) is 2.79. The number of hydrogen-bond donors (Lipinski definition) is 1. The molecule has 168 valence electrons. The van der Waals surface area contributed by atoms with E-state index in [4.69, 9.17) is 4.74 Å². The first-order chi connectivity index (χ1) is 15.5. The zero-order valence-corrected chi connectivity index (χ0v) is 19.1. The number of rotatable bonds is 8. The monoisotopic (exact) mass is 473 g/mol. The third-order valence-corrected chi connectivity index (χ3v) is 7.84. The Balaban J connectivity index is 1.41. The van der Waals surface area contributed by atoms with Gasteiger partial charge in [0.2, 0.25) is 15.9 Å². The van der Waals surface area contributed by atoms with Crippen molar-refractivity contribution in [2.24, 2.45) is 0 Å². The molecule has 11 heteroatoms. The molecule has 0 unspecified atom stereocenters. The minimum atomic E-state index is -3.54. The molecule has 0 saturated carbocycles. The fourth-order valence-electron chi connectivity index (χ4n) is 3.40. The molecule has 2 aromatic carbocycles. The Labute approximate surface area is 190 Å². The Morgan fingerprint density at radius 2 is 1.94 bits per heavy atom. The SMILES string of the molecule is COc1cccc(-n2cnnc2SCC(=O)Nc2cccc(S(=O)(=O)N3CCCC3)c2)c1. The lowest BCUT2D eigenvalue weighted by atomic mass is 10.3. The number of aromatic nitrogens is 3. The number of methoxy groups -OCH3 is 1. The van der Waals surface area contributed by atoms with Gasteiger partial charge in [-0.2, -0.15) is 4.31 Å². The second kappa shape index (κ2) is 9.72. The molecule has 1 aliphatic rings. The van der Waals surface area contributed by atoms with Crippen LogP contribution in [0.15, 0.2) is 64.9 Å². The van der Waals surface area contributed by atoms with Crippen molar-refractivity contribution < 1.29 is 17.9 Å². The Kier molecular flexibility index (Phi) is 6.77. The fourth-order valence-corrected chi connectivity index (χ4v) is 5.69. The van der Waals surface area contributed by atoms with Gasteiger partial charge in [-0.15, -0.1) is 10.2 Å². The van der Waals surface area contributed by atoms with Gasteiger partial charge in [-0.25, -0.2) is 8.42 Å². The molecule has 1 fully saturated rings. The predicted molar refractivity (Wildman–Crippen MR) is 122 cm³/mol. The lowest BCUT2D eigenvalue weighted by Crippen LogP contribution is -2.28. The molecule has 0 bridgehead atoms. The van der Waals surface area contributed by atoms with Crippen molar-refractivity contribution in [1.29, 1.82) is 0 Å². The van der Waals surface area contributed by atoms with Gasteiger partial charge in [0.15, 0.2) is 5.16 Å². The van der Waals surface area contributed by atoms with E-state index in [2.05, 4.69) is 15.5 Å². The highest BCUT2D eigenvalue weighted by Gasteiger charge is 2.27. The number of carbonyl (C=O) groups is 1. The van der Waals surface area contributed by atoms with Crippen LogP contribution >= 0.6 is 11.8 Å². The molecule has 0 aliphatic carbocycles. The number of ether oxygens (including phenoxy) is 1. The van der Waals surface area contributed by atoms with E-state index < -0.39 is 10.0 Å². The summed E-state index contributed by atoms with van der Waals surface area (Å²) in [5.41, 5.74) is 1.25. The van der Waals surface area contributed by atoms with Gasteiger partial charge in [0, 0.05) is 24.8 Å². The summed E-state index contributed by atoms with van der Waals surface area (Å²) in [6, 6.07) is 13.8. The second-order valence-electron chi connectivity index (χ2n) is 7.16. The van der Waals surface area contributed by atoms with Crippen LogP contribution in [0.5, 0.6) is 5.75 Å². The average molecular weight is 474 g/mol. The van der Waals surface area contributed by atoms with Crippen molar-refractivity contribution in [3.63, 3.8) is 0 Å². The number of nitrogens with zero attached hydrogens (tertiary/aromatic N) is 4. The van der Waals surface area contributed by atoms with E-state index in [1.54, 1.807) is 36.2 Å². The van der Waals surface area contributed by atoms with Crippen molar-refractivity contribution in [2.75, 3.05) is 31.3 Å². The van der Waals surface area contributed by atoms with Gasteiger partial charge in [0.25, 0.3) is 0 Å². The third-order valence-electron chi connectivity index (χ3n) is 5.00. The van der Waals surface area contributed by atoms with E-state index in [0.29, 0.717) is 29.7 Å². The van der Waals surface area contributed by atoms with Gasteiger partial charge in [0.1, 0.15) is 12.1 Å². The first-order valence-corrected chi connectivity index (χ1v) is 12.5. The molecule has 0 atom stereocenters. The average Bonchev–Trinajstić information content (AvgIpc) is 3.50. The maximum Gasteiger partial charge on any atom is 0.243 e. The van der Waals surface area contributed by atoms with Crippen LogP contribution in [0.1, 0.15) is 12.8 Å². The van der Waals surface area contributed by atoms with E-state index in [1.807, 2.05) is 24.3 Å². The number of carbonyl (C=O) groups excluding carboxylic acids is 1. The van der Waals surface area contributed by atoms with Crippen LogP contribution in [0.4, 0.5) is 5.69 Å². The normalized spacial score (nSPS) is 14.4. The summed E-state index contributed by atoms with van der Waals surface area (Å²) >= 11 is 1.23. The highest BCUT2D eigenvalue weighted by molar-refractivity contribution is 7.99. The van der Waals surface area contributed by atoms with Crippen LogP contribution in [0.25, 0.3) is 5.69 Å². The maximum atomic E-state index is 12.8. The molecule has 1 saturated heterocycles.